The zero-order chi connectivity index (χ0) is 8.39. The Morgan fingerprint density at radius 1 is 1.33 bits per heavy atom. The first-order chi connectivity index (χ1) is 5.90. The third-order valence-corrected chi connectivity index (χ3v) is 1.66. The van der Waals surface area contributed by atoms with Crippen molar-refractivity contribution in [3.8, 4) is 0 Å². The monoisotopic (exact) mass is 158 g/mol. The van der Waals surface area contributed by atoms with Gasteiger partial charge in [-0.3, -0.25) is 0 Å². The molecule has 2 rings (SSSR count). The molecule has 1 aliphatic heterocycles. The Bertz CT molecular complexity index is 442. The fraction of sp³-hybridized carbons (Fsp3) is 0.111. The standard InChI is InChI=1S/C9H8N3/c1-10-12-9-6-7-4-2-3-5-8(7)11-9/h2-6H,1H3/q+1. The van der Waals surface area contributed by atoms with Gasteiger partial charge in [-0.2, -0.15) is 0 Å². The van der Waals surface area contributed by atoms with Crippen molar-refractivity contribution >= 4 is 11.9 Å². The van der Waals surface area contributed by atoms with Gasteiger partial charge >= 0.3 is 5.84 Å². The van der Waals surface area contributed by atoms with Gasteiger partial charge in [0.25, 0.3) is 0 Å². The minimum absolute atomic E-state index is 0.679. The first-order valence-corrected chi connectivity index (χ1v) is 3.72. The Balaban J connectivity index is 2.76. The van der Waals surface area contributed by atoms with Crippen molar-refractivity contribution in [2.75, 3.05) is 7.05 Å². The van der Waals surface area contributed by atoms with Crippen LogP contribution in [0.1, 0.15) is 0 Å². The molecule has 0 N–H and O–H groups in total. The van der Waals surface area contributed by atoms with Gasteiger partial charge in [-0.1, -0.05) is 23.0 Å². The zero-order valence-electron chi connectivity index (χ0n) is 6.73. The number of hydrogen-bond acceptors (Lipinski definition) is 1. The molecule has 3 heteroatoms. The highest BCUT2D eigenvalue weighted by Gasteiger charge is 2.11. The Labute approximate surface area is 69.5 Å². The van der Waals surface area contributed by atoms with Crippen LogP contribution in [0, 0.1) is 0 Å². The molecule has 0 aliphatic carbocycles. The van der Waals surface area contributed by atoms with Crippen molar-refractivity contribution in [2.24, 2.45) is 10.1 Å². The third-order valence-electron chi connectivity index (χ3n) is 1.66. The van der Waals surface area contributed by atoms with Crippen LogP contribution in [-0.2, 0) is 0 Å². The molecule has 0 saturated carbocycles. The summed E-state index contributed by atoms with van der Waals surface area (Å²) in [7, 11) is 1.64. The summed E-state index contributed by atoms with van der Waals surface area (Å²) in [5, 5.41) is 5.75. The second kappa shape index (κ2) is 2.72. The van der Waals surface area contributed by atoms with Crippen molar-refractivity contribution in [2.45, 2.75) is 0 Å². The average Bonchev–Trinajstić information content (AvgIpc) is 2.47. The maximum atomic E-state index is 4.24. The molecule has 1 aromatic rings. The van der Waals surface area contributed by atoms with Crippen LogP contribution in [0.2, 0.25) is 0 Å². The van der Waals surface area contributed by atoms with Crippen LogP contribution < -0.4 is 10.6 Å². The largest absolute Gasteiger partial charge is 0.447 e. The van der Waals surface area contributed by atoms with Gasteiger partial charge in [-0.15, -0.1) is 0 Å². The van der Waals surface area contributed by atoms with E-state index in [2.05, 4.69) is 14.9 Å². The van der Waals surface area contributed by atoms with Gasteiger partial charge < -0.3 is 0 Å². The van der Waals surface area contributed by atoms with E-state index in [0.29, 0.717) is 5.84 Å². The van der Waals surface area contributed by atoms with Crippen molar-refractivity contribution in [1.29, 1.82) is 0 Å². The maximum Gasteiger partial charge on any atom is 0.447 e. The topological polar surface area (TPSA) is 38.8 Å². The SMILES string of the molecule is CN=[N+]=C1C=c2ccccc2=N1. The molecule has 0 radical (unpaired) electrons. The summed E-state index contributed by atoms with van der Waals surface area (Å²) in [5.41, 5.74) is 0. The molecule has 0 atom stereocenters. The molecule has 1 aliphatic rings. The molecular formula is C9H8N3+. The highest BCUT2D eigenvalue weighted by molar-refractivity contribution is 6.06. The van der Waals surface area contributed by atoms with Crippen LogP contribution in [0.25, 0.3) is 6.08 Å². The van der Waals surface area contributed by atoms with Crippen LogP contribution in [0.5, 0.6) is 0 Å². The molecule has 0 fully saturated rings. The first kappa shape index (κ1) is 6.95. The molecule has 0 saturated heterocycles. The molecule has 0 unspecified atom stereocenters. The van der Waals surface area contributed by atoms with Gasteiger partial charge in [0.15, 0.2) is 5.36 Å². The Hall–Kier alpha value is -1.73. The van der Waals surface area contributed by atoms with Gasteiger partial charge in [0.2, 0.25) is 0 Å². The molecule has 1 aromatic carbocycles. The maximum absolute atomic E-state index is 4.24. The van der Waals surface area contributed by atoms with E-state index in [-0.39, 0.29) is 0 Å². The summed E-state index contributed by atoms with van der Waals surface area (Å²) >= 11 is 0. The smallest absolute Gasteiger partial charge is 0.0763 e. The number of hydrogen-bond donors (Lipinski definition) is 0. The lowest BCUT2D eigenvalue weighted by Gasteiger charge is -1.73. The summed E-state index contributed by atoms with van der Waals surface area (Å²) in [5.74, 6) is 0.679. The molecule has 0 bridgehead atoms. The van der Waals surface area contributed by atoms with Crippen LogP contribution >= 0.6 is 0 Å². The lowest BCUT2D eigenvalue weighted by Crippen LogP contribution is -2.19. The van der Waals surface area contributed by atoms with Crippen molar-refractivity contribution in [3.05, 3.63) is 34.8 Å². The molecular weight excluding hydrogens is 150 g/mol. The molecule has 12 heavy (non-hydrogen) atoms. The molecule has 3 nitrogen and oxygen atoms in total. The summed E-state index contributed by atoms with van der Waals surface area (Å²) in [6.45, 7) is 0. The fourth-order valence-corrected chi connectivity index (χ4v) is 1.16. The first-order valence-electron chi connectivity index (χ1n) is 3.72. The van der Waals surface area contributed by atoms with E-state index >= 15 is 0 Å². The fourth-order valence-electron chi connectivity index (χ4n) is 1.16. The minimum atomic E-state index is 0.679. The average molecular weight is 158 g/mol. The number of amidine groups is 1. The predicted molar refractivity (Wildman–Crippen MR) is 45.3 cm³/mol. The van der Waals surface area contributed by atoms with Crippen LogP contribution in [0.3, 0.4) is 0 Å². The second-order valence-electron chi connectivity index (χ2n) is 2.47. The van der Waals surface area contributed by atoms with E-state index in [4.69, 9.17) is 0 Å². The Morgan fingerprint density at radius 2 is 2.17 bits per heavy atom. The molecule has 1 heterocycles. The van der Waals surface area contributed by atoms with E-state index in [0.717, 1.165) is 10.6 Å². The number of rotatable bonds is 0. The molecule has 0 aromatic heterocycles. The van der Waals surface area contributed by atoms with Gasteiger partial charge in [-0.25, -0.2) is 0 Å². The summed E-state index contributed by atoms with van der Waals surface area (Å²) in [6.07, 6.45) is 1.92. The van der Waals surface area contributed by atoms with Gasteiger partial charge in [0.05, 0.1) is 13.1 Å². The minimum Gasteiger partial charge on any atom is -0.0763 e. The van der Waals surface area contributed by atoms with Gasteiger partial charge in [0, 0.05) is 5.22 Å². The van der Waals surface area contributed by atoms with Crippen LogP contribution in [0.15, 0.2) is 34.4 Å². The van der Waals surface area contributed by atoms with Crippen molar-refractivity contribution < 1.29 is 4.79 Å². The van der Waals surface area contributed by atoms with Crippen LogP contribution in [0.4, 0.5) is 0 Å². The van der Waals surface area contributed by atoms with E-state index < -0.39 is 0 Å². The summed E-state index contributed by atoms with van der Waals surface area (Å²) in [4.78, 5) is 8.10. The highest BCUT2D eigenvalue weighted by atomic mass is 15.1. The number of fused-ring (bicyclic) bond motifs is 1. The lowest BCUT2D eigenvalue weighted by molar-refractivity contribution is -0.0835. The summed E-state index contributed by atoms with van der Waals surface area (Å²) in [6, 6.07) is 7.92. The van der Waals surface area contributed by atoms with Gasteiger partial charge in [0.1, 0.15) is 0 Å². The van der Waals surface area contributed by atoms with E-state index in [1.54, 1.807) is 7.05 Å². The van der Waals surface area contributed by atoms with Gasteiger partial charge in [-0.05, 0) is 16.2 Å². The van der Waals surface area contributed by atoms with Crippen molar-refractivity contribution in [3.63, 3.8) is 0 Å². The number of benzene rings is 1. The van der Waals surface area contributed by atoms with Crippen molar-refractivity contribution in [1.82, 2.24) is 0 Å². The van der Waals surface area contributed by atoms with E-state index in [9.17, 15) is 0 Å². The quantitative estimate of drug-likeness (QED) is 0.370. The Morgan fingerprint density at radius 3 is 2.92 bits per heavy atom. The van der Waals surface area contributed by atoms with E-state index in [1.807, 2.05) is 30.3 Å². The summed E-state index contributed by atoms with van der Waals surface area (Å²) < 4.78 is 0. The van der Waals surface area contributed by atoms with Crippen LogP contribution in [-0.4, -0.2) is 17.7 Å². The second-order valence-corrected chi connectivity index (χ2v) is 2.47. The highest BCUT2D eigenvalue weighted by Crippen LogP contribution is 1.82. The molecule has 0 amide bonds. The number of para-hydroxylation sites is 1. The lowest BCUT2D eigenvalue weighted by atomic mass is 10.3. The zero-order valence-corrected chi connectivity index (χ0v) is 6.73. The third kappa shape index (κ3) is 1.06. The molecule has 0 spiro atoms. The number of nitrogens with zero attached hydrogens (tertiary/aromatic N) is 3. The normalized spacial score (nSPS) is 12.6. The van der Waals surface area contributed by atoms with E-state index in [1.165, 1.54) is 0 Å². The predicted octanol–water partition coefficient (Wildman–Crippen LogP) is -0.211. The Kier molecular flexibility index (Phi) is 1.57. The molecule has 58 valence electrons.